The maximum absolute atomic E-state index is 5.69. The Labute approximate surface area is 81.0 Å². The van der Waals surface area contributed by atoms with Gasteiger partial charge in [-0.1, -0.05) is 6.42 Å². The minimum absolute atomic E-state index is 0.305. The third kappa shape index (κ3) is 3.25. The first kappa shape index (κ1) is 11.0. The van der Waals surface area contributed by atoms with Gasteiger partial charge in [-0.15, -0.1) is 0 Å². The van der Waals surface area contributed by atoms with Crippen LogP contribution < -0.4 is 11.1 Å². The summed E-state index contributed by atoms with van der Waals surface area (Å²) in [6, 6.07) is 0.627. The first-order valence-electron chi connectivity index (χ1n) is 5.24. The molecule has 3 nitrogen and oxygen atoms in total. The van der Waals surface area contributed by atoms with Gasteiger partial charge in [0.2, 0.25) is 0 Å². The monoisotopic (exact) mass is 186 g/mol. The highest BCUT2D eigenvalue weighted by molar-refractivity contribution is 4.83. The second-order valence-corrected chi connectivity index (χ2v) is 3.99. The molecule has 0 bridgehead atoms. The molecule has 1 saturated carbocycles. The van der Waals surface area contributed by atoms with Crippen molar-refractivity contribution < 1.29 is 4.74 Å². The topological polar surface area (TPSA) is 47.3 Å². The molecule has 13 heavy (non-hydrogen) atoms. The summed E-state index contributed by atoms with van der Waals surface area (Å²) in [5.41, 5.74) is 5.69. The fourth-order valence-electron chi connectivity index (χ4n) is 1.99. The summed E-state index contributed by atoms with van der Waals surface area (Å²) in [4.78, 5) is 0. The highest BCUT2D eigenvalue weighted by atomic mass is 16.5. The van der Waals surface area contributed by atoms with E-state index in [1.165, 1.54) is 19.3 Å². The number of hydrogen-bond donors (Lipinski definition) is 2. The van der Waals surface area contributed by atoms with Crippen molar-refractivity contribution in [3.8, 4) is 0 Å². The lowest BCUT2D eigenvalue weighted by Crippen LogP contribution is -2.39. The van der Waals surface area contributed by atoms with Gasteiger partial charge in [0.05, 0.1) is 6.10 Å². The van der Waals surface area contributed by atoms with E-state index >= 15 is 0 Å². The Balaban J connectivity index is 2.19. The number of hydrogen-bond acceptors (Lipinski definition) is 3. The molecular weight excluding hydrogens is 164 g/mol. The molecule has 0 aromatic rings. The van der Waals surface area contributed by atoms with Gasteiger partial charge in [0.1, 0.15) is 0 Å². The molecule has 78 valence electrons. The second-order valence-electron chi connectivity index (χ2n) is 3.99. The predicted octanol–water partition coefficient (Wildman–Crippen LogP) is 0.738. The maximum atomic E-state index is 5.69. The number of nitrogens with one attached hydrogen (secondary N) is 1. The van der Waals surface area contributed by atoms with Crippen LogP contribution in [0.2, 0.25) is 0 Å². The smallest absolute Gasteiger partial charge is 0.0667 e. The molecule has 0 aliphatic heterocycles. The Morgan fingerprint density at radius 1 is 1.54 bits per heavy atom. The number of nitrogens with two attached hydrogens (primary N) is 1. The molecule has 0 heterocycles. The molecule has 1 rings (SSSR count). The largest absolute Gasteiger partial charge is 0.380 e. The molecule has 1 fully saturated rings. The van der Waals surface area contributed by atoms with Gasteiger partial charge in [0.25, 0.3) is 0 Å². The molecule has 3 unspecified atom stereocenters. The van der Waals surface area contributed by atoms with Crippen LogP contribution in [-0.2, 0) is 4.74 Å². The Morgan fingerprint density at radius 2 is 2.31 bits per heavy atom. The summed E-state index contributed by atoms with van der Waals surface area (Å²) in [6.07, 6.45) is 4.19. The minimum atomic E-state index is 0.305. The molecule has 0 aromatic carbocycles. The second kappa shape index (κ2) is 5.58. The van der Waals surface area contributed by atoms with Crippen LogP contribution in [0.3, 0.4) is 0 Å². The van der Waals surface area contributed by atoms with E-state index < -0.39 is 0 Å². The molecule has 0 saturated heterocycles. The van der Waals surface area contributed by atoms with Crippen LogP contribution in [0.1, 0.15) is 26.2 Å². The quantitative estimate of drug-likeness (QED) is 0.665. The Hall–Kier alpha value is -0.120. The summed E-state index contributed by atoms with van der Waals surface area (Å²) in [5, 5.41) is 3.53. The molecule has 0 aromatic heterocycles. The van der Waals surface area contributed by atoms with Crippen LogP contribution in [0, 0.1) is 5.92 Å². The van der Waals surface area contributed by atoms with Crippen molar-refractivity contribution in [1.29, 1.82) is 0 Å². The van der Waals surface area contributed by atoms with E-state index in [0.717, 1.165) is 13.1 Å². The van der Waals surface area contributed by atoms with Crippen molar-refractivity contribution in [3.63, 3.8) is 0 Å². The lowest BCUT2D eigenvalue weighted by Gasteiger charge is -2.21. The van der Waals surface area contributed by atoms with Crippen molar-refractivity contribution in [2.45, 2.75) is 38.3 Å². The molecule has 3 N–H and O–H groups in total. The molecule has 0 radical (unpaired) electrons. The van der Waals surface area contributed by atoms with Gasteiger partial charge >= 0.3 is 0 Å². The standard InChI is InChI=1S/C10H22N2O/c1-8(13-2)7-12-10-5-3-4-9(10)6-11/h8-10,12H,3-7,11H2,1-2H3. The fraction of sp³-hybridized carbons (Fsp3) is 1.00. The average molecular weight is 186 g/mol. The van der Waals surface area contributed by atoms with Crippen LogP contribution in [-0.4, -0.2) is 32.3 Å². The van der Waals surface area contributed by atoms with Crippen molar-refractivity contribution in [2.75, 3.05) is 20.2 Å². The molecule has 3 atom stereocenters. The van der Waals surface area contributed by atoms with Crippen molar-refractivity contribution in [3.05, 3.63) is 0 Å². The zero-order chi connectivity index (χ0) is 9.68. The summed E-state index contributed by atoms with van der Waals surface area (Å²) >= 11 is 0. The van der Waals surface area contributed by atoms with E-state index in [0.29, 0.717) is 18.1 Å². The summed E-state index contributed by atoms with van der Waals surface area (Å²) in [5.74, 6) is 0.684. The average Bonchev–Trinajstić information content (AvgIpc) is 2.61. The fourth-order valence-corrected chi connectivity index (χ4v) is 1.99. The van der Waals surface area contributed by atoms with Gasteiger partial charge in [-0.2, -0.15) is 0 Å². The van der Waals surface area contributed by atoms with Crippen LogP contribution in [0.15, 0.2) is 0 Å². The number of ether oxygens (including phenoxy) is 1. The van der Waals surface area contributed by atoms with E-state index in [4.69, 9.17) is 10.5 Å². The van der Waals surface area contributed by atoms with E-state index in [-0.39, 0.29) is 0 Å². The van der Waals surface area contributed by atoms with Gasteiger partial charge in [-0.25, -0.2) is 0 Å². The molecule has 0 spiro atoms. The highest BCUT2D eigenvalue weighted by Gasteiger charge is 2.25. The molecular formula is C10H22N2O. The van der Waals surface area contributed by atoms with Gasteiger partial charge in [0.15, 0.2) is 0 Å². The van der Waals surface area contributed by atoms with E-state index in [1.807, 2.05) is 0 Å². The van der Waals surface area contributed by atoms with Crippen LogP contribution in [0.25, 0.3) is 0 Å². The maximum Gasteiger partial charge on any atom is 0.0667 e. The number of rotatable bonds is 5. The van der Waals surface area contributed by atoms with E-state index in [9.17, 15) is 0 Å². The first-order chi connectivity index (χ1) is 6.27. The lowest BCUT2D eigenvalue weighted by molar-refractivity contribution is 0.112. The predicted molar refractivity (Wildman–Crippen MR) is 54.7 cm³/mol. The SMILES string of the molecule is COC(C)CNC1CCCC1CN. The lowest BCUT2D eigenvalue weighted by atomic mass is 10.0. The van der Waals surface area contributed by atoms with Crippen LogP contribution >= 0.6 is 0 Å². The zero-order valence-corrected chi connectivity index (χ0v) is 8.75. The van der Waals surface area contributed by atoms with Gasteiger partial charge in [-0.05, 0) is 32.2 Å². The van der Waals surface area contributed by atoms with E-state index in [2.05, 4.69) is 12.2 Å². The Bertz CT molecular complexity index is 141. The molecule has 3 heteroatoms. The van der Waals surface area contributed by atoms with Gasteiger partial charge in [0, 0.05) is 19.7 Å². The third-order valence-electron chi connectivity index (χ3n) is 3.03. The van der Waals surface area contributed by atoms with Gasteiger partial charge < -0.3 is 15.8 Å². The van der Waals surface area contributed by atoms with Crippen LogP contribution in [0.5, 0.6) is 0 Å². The summed E-state index contributed by atoms with van der Waals surface area (Å²) < 4.78 is 5.19. The van der Waals surface area contributed by atoms with Gasteiger partial charge in [-0.3, -0.25) is 0 Å². The third-order valence-corrected chi connectivity index (χ3v) is 3.03. The summed E-state index contributed by atoms with van der Waals surface area (Å²) in [7, 11) is 1.75. The van der Waals surface area contributed by atoms with Crippen molar-refractivity contribution in [1.82, 2.24) is 5.32 Å². The Morgan fingerprint density at radius 3 is 2.92 bits per heavy atom. The normalized spacial score (nSPS) is 30.7. The molecule has 1 aliphatic carbocycles. The summed E-state index contributed by atoms with van der Waals surface area (Å²) in [6.45, 7) is 3.84. The minimum Gasteiger partial charge on any atom is -0.380 e. The van der Waals surface area contributed by atoms with E-state index in [1.54, 1.807) is 7.11 Å². The van der Waals surface area contributed by atoms with Crippen LogP contribution in [0.4, 0.5) is 0 Å². The molecule has 0 amide bonds. The van der Waals surface area contributed by atoms with Crippen molar-refractivity contribution >= 4 is 0 Å². The number of methoxy groups -OCH3 is 1. The first-order valence-corrected chi connectivity index (χ1v) is 5.24. The molecule has 1 aliphatic rings. The Kier molecular flexibility index (Phi) is 4.70. The highest BCUT2D eigenvalue weighted by Crippen LogP contribution is 2.24. The van der Waals surface area contributed by atoms with Crippen molar-refractivity contribution in [2.24, 2.45) is 11.7 Å². The zero-order valence-electron chi connectivity index (χ0n) is 8.75.